The molecule has 2 nitrogen and oxygen atoms in total. The lowest BCUT2D eigenvalue weighted by Crippen LogP contribution is -1.98. The number of carbonyl (C=O) groups is 1. The first-order valence-corrected chi connectivity index (χ1v) is 5.08. The minimum atomic E-state index is -0.893. The van der Waals surface area contributed by atoms with E-state index in [1.807, 2.05) is 6.92 Å². The maximum absolute atomic E-state index is 10.6. The van der Waals surface area contributed by atoms with Gasteiger partial charge in [0.2, 0.25) is 0 Å². The summed E-state index contributed by atoms with van der Waals surface area (Å²) < 4.78 is 1.89. The average Bonchev–Trinajstić information content (AvgIpc) is 1.99. The van der Waals surface area contributed by atoms with E-state index in [2.05, 4.69) is 38.5 Å². The van der Waals surface area contributed by atoms with E-state index < -0.39 is 5.97 Å². The first kappa shape index (κ1) is 9.98. The van der Waals surface area contributed by atoms with Gasteiger partial charge < -0.3 is 5.11 Å². The highest BCUT2D eigenvalue weighted by Gasteiger charge is 2.07. The first-order valence-electron chi connectivity index (χ1n) is 3.21. The molecule has 0 radical (unpaired) electrons. The van der Waals surface area contributed by atoms with Gasteiger partial charge in [-0.05, 0) is 63.1 Å². The lowest BCUT2D eigenvalue weighted by Gasteiger charge is -2.02. The molecule has 0 aliphatic carbocycles. The van der Waals surface area contributed by atoms with Crippen molar-refractivity contribution in [2.45, 2.75) is 6.92 Å². The molecule has 0 saturated heterocycles. The Morgan fingerprint density at radius 3 is 2.58 bits per heavy atom. The second kappa shape index (κ2) is 3.74. The van der Waals surface area contributed by atoms with E-state index >= 15 is 0 Å². The van der Waals surface area contributed by atoms with E-state index in [9.17, 15) is 4.79 Å². The van der Waals surface area contributed by atoms with Crippen molar-refractivity contribution < 1.29 is 9.90 Å². The summed E-state index contributed by atoms with van der Waals surface area (Å²) in [7, 11) is 0. The Kier molecular flexibility index (Phi) is 3.11. The fourth-order valence-electron chi connectivity index (χ4n) is 0.850. The minimum absolute atomic E-state index is 0.319. The van der Waals surface area contributed by atoms with Crippen LogP contribution in [0.1, 0.15) is 15.9 Å². The van der Waals surface area contributed by atoms with E-state index in [0.29, 0.717) is 5.56 Å². The third kappa shape index (κ3) is 1.98. The predicted molar refractivity (Wildman–Crippen MR) is 58.6 cm³/mol. The van der Waals surface area contributed by atoms with Crippen molar-refractivity contribution in [2.75, 3.05) is 0 Å². The zero-order valence-corrected chi connectivity index (χ0v) is 10.0. The third-order valence-corrected chi connectivity index (χ3v) is 4.26. The van der Waals surface area contributed by atoms with E-state index in [4.69, 9.17) is 5.11 Å². The standard InChI is InChI=1S/C8H6BrIO2/c1-4-2-5(8(11)12)3-6(9)7(4)10/h2-3H,1H3,(H,11,12). The van der Waals surface area contributed by atoms with Gasteiger partial charge in [-0.15, -0.1) is 0 Å². The SMILES string of the molecule is Cc1cc(C(=O)O)cc(Br)c1I. The van der Waals surface area contributed by atoms with Crippen molar-refractivity contribution in [1.29, 1.82) is 0 Å². The Hall–Kier alpha value is -0.1000. The zero-order valence-electron chi connectivity index (χ0n) is 6.27. The molecular weight excluding hydrogens is 335 g/mol. The molecule has 0 fully saturated rings. The van der Waals surface area contributed by atoms with Gasteiger partial charge in [-0.1, -0.05) is 0 Å². The lowest BCUT2D eigenvalue weighted by molar-refractivity contribution is 0.0696. The van der Waals surface area contributed by atoms with Gasteiger partial charge in [0, 0.05) is 8.04 Å². The van der Waals surface area contributed by atoms with Crippen molar-refractivity contribution in [3.05, 3.63) is 31.3 Å². The van der Waals surface area contributed by atoms with Crippen LogP contribution in [0.15, 0.2) is 16.6 Å². The van der Waals surface area contributed by atoms with Gasteiger partial charge in [0.05, 0.1) is 5.56 Å². The van der Waals surface area contributed by atoms with Crippen molar-refractivity contribution in [3.63, 3.8) is 0 Å². The lowest BCUT2D eigenvalue weighted by atomic mass is 10.1. The predicted octanol–water partition coefficient (Wildman–Crippen LogP) is 3.06. The number of carboxylic acid groups (broad SMARTS) is 1. The van der Waals surface area contributed by atoms with Crippen LogP contribution >= 0.6 is 38.5 Å². The molecule has 0 atom stereocenters. The fraction of sp³-hybridized carbons (Fsp3) is 0.125. The van der Waals surface area contributed by atoms with Crippen molar-refractivity contribution in [3.8, 4) is 0 Å². The van der Waals surface area contributed by atoms with Gasteiger partial charge in [-0.2, -0.15) is 0 Å². The number of benzene rings is 1. The monoisotopic (exact) mass is 340 g/mol. The molecule has 0 heterocycles. The molecule has 1 N–H and O–H groups in total. The van der Waals surface area contributed by atoms with Crippen molar-refractivity contribution >= 4 is 44.5 Å². The van der Waals surface area contributed by atoms with Crippen LogP contribution in [0.3, 0.4) is 0 Å². The Labute approximate surface area is 92.2 Å². The van der Waals surface area contributed by atoms with Crippen molar-refractivity contribution in [2.24, 2.45) is 0 Å². The van der Waals surface area contributed by atoms with Crippen LogP contribution in [-0.4, -0.2) is 11.1 Å². The van der Waals surface area contributed by atoms with E-state index in [0.717, 1.165) is 13.6 Å². The molecule has 0 aliphatic heterocycles. The normalized spacial score (nSPS) is 9.92. The summed E-state index contributed by atoms with van der Waals surface area (Å²) in [4.78, 5) is 10.6. The topological polar surface area (TPSA) is 37.3 Å². The first-order chi connectivity index (χ1) is 5.52. The molecule has 0 unspecified atom stereocenters. The van der Waals surface area contributed by atoms with Crippen LogP contribution in [0, 0.1) is 10.5 Å². The van der Waals surface area contributed by atoms with Gasteiger partial charge in [0.1, 0.15) is 0 Å². The highest BCUT2D eigenvalue weighted by atomic mass is 127. The van der Waals surface area contributed by atoms with Crippen LogP contribution in [0.25, 0.3) is 0 Å². The van der Waals surface area contributed by atoms with Gasteiger partial charge in [-0.25, -0.2) is 4.79 Å². The highest BCUT2D eigenvalue weighted by Crippen LogP contribution is 2.24. The summed E-state index contributed by atoms with van der Waals surface area (Å²) >= 11 is 5.46. The summed E-state index contributed by atoms with van der Waals surface area (Å²) in [6.45, 7) is 1.89. The Bertz CT molecular complexity index is 313. The molecule has 4 heteroatoms. The van der Waals surface area contributed by atoms with E-state index in [1.165, 1.54) is 0 Å². The van der Waals surface area contributed by atoms with E-state index in [-0.39, 0.29) is 0 Å². The van der Waals surface area contributed by atoms with Gasteiger partial charge in [0.15, 0.2) is 0 Å². The number of halogens is 2. The molecule has 0 saturated carbocycles. The molecule has 0 spiro atoms. The van der Waals surface area contributed by atoms with Gasteiger partial charge in [0.25, 0.3) is 0 Å². The molecule has 1 aromatic rings. The minimum Gasteiger partial charge on any atom is -0.478 e. The van der Waals surface area contributed by atoms with Gasteiger partial charge in [-0.3, -0.25) is 0 Å². The Morgan fingerprint density at radius 1 is 1.58 bits per heavy atom. The maximum Gasteiger partial charge on any atom is 0.335 e. The van der Waals surface area contributed by atoms with Gasteiger partial charge >= 0.3 is 5.97 Å². The third-order valence-electron chi connectivity index (χ3n) is 1.46. The molecule has 1 aromatic carbocycles. The number of carboxylic acids is 1. The molecule has 0 amide bonds. The van der Waals surface area contributed by atoms with Crippen LogP contribution in [0.4, 0.5) is 0 Å². The number of hydrogen-bond acceptors (Lipinski definition) is 1. The smallest absolute Gasteiger partial charge is 0.335 e. The molecule has 12 heavy (non-hydrogen) atoms. The molecule has 1 rings (SSSR count). The number of hydrogen-bond donors (Lipinski definition) is 1. The number of rotatable bonds is 1. The summed E-state index contributed by atoms with van der Waals surface area (Å²) in [5.74, 6) is -0.893. The molecule has 0 aromatic heterocycles. The molecule has 0 bridgehead atoms. The summed E-state index contributed by atoms with van der Waals surface area (Å²) in [6.07, 6.45) is 0. The summed E-state index contributed by atoms with van der Waals surface area (Å²) in [5.41, 5.74) is 1.29. The van der Waals surface area contributed by atoms with Crippen LogP contribution in [0.5, 0.6) is 0 Å². The van der Waals surface area contributed by atoms with Crippen LogP contribution in [-0.2, 0) is 0 Å². The van der Waals surface area contributed by atoms with Crippen LogP contribution < -0.4 is 0 Å². The average molecular weight is 341 g/mol. The maximum atomic E-state index is 10.6. The molecule has 64 valence electrons. The zero-order chi connectivity index (χ0) is 9.30. The quantitative estimate of drug-likeness (QED) is 0.798. The Morgan fingerprint density at radius 2 is 2.17 bits per heavy atom. The van der Waals surface area contributed by atoms with Crippen LogP contribution in [0.2, 0.25) is 0 Å². The van der Waals surface area contributed by atoms with Crippen molar-refractivity contribution in [1.82, 2.24) is 0 Å². The summed E-state index contributed by atoms with van der Waals surface area (Å²) in [5, 5.41) is 8.70. The fourth-order valence-corrected chi connectivity index (χ4v) is 1.72. The highest BCUT2D eigenvalue weighted by molar-refractivity contribution is 14.1. The number of aryl methyl sites for hydroxylation is 1. The summed E-state index contributed by atoms with van der Waals surface area (Å²) in [6, 6.07) is 3.27. The van der Waals surface area contributed by atoms with E-state index in [1.54, 1.807) is 12.1 Å². The largest absolute Gasteiger partial charge is 0.478 e. The second-order valence-electron chi connectivity index (χ2n) is 2.39. The second-order valence-corrected chi connectivity index (χ2v) is 4.33. The Balaban J connectivity index is 3.31. The number of aromatic carboxylic acids is 1. The molecular formula is C8H6BrIO2. The molecule has 0 aliphatic rings.